The van der Waals surface area contributed by atoms with Gasteiger partial charge in [-0.05, 0) is 75.6 Å². The van der Waals surface area contributed by atoms with E-state index in [0.29, 0.717) is 33.2 Å². The number of carbonyl (C=O) groups is 1. The molecule has 5 nitrogen and oxygen atoms in total. The first-order chi connectivity index (χ1) is 14.5. The fourth-order valence-electron chi connectivity index (χ4n) is 2.52. The van der Waals surface area contributed by atoms with Gasteiger partial charge in [0.05, 0.1) is 17.8 Å². The molecule has 1 amide bonds. The number of ether oxygens (including phenoxy) is 2. The van der Waals surface area contributed by atoms with Gasteiger partial charge in [0.1, 0.15) is 6.61 Å². The van der Waals surface area contributed by atoms with Crippen LogP contribution in [0.1, 0.15) is 21.5 Å². The Morgan fingerprint density at radius 2 is 1.80 bits per heavy atom. The van der Waals surface area contributed by atoms with Gasteiger partial charge in [0, 0.05) is 15.1 Å². The van der Waals surface area contributed by atoms with Crippen LogP contribution >= 0.6 is 43.5 Å². The van der Waals surface area contributed by atoms with Crippen molar-refractivity contribution in [1.29, 1.82) is 0 Å². The van der Waals surface area contributed by atoms with Gasteiger partial charge in [0.15, 0.2) is 11.5 Å². The van der Waals surface area contributed by atoms with E-state index in [1.54, 1.807) is 37.4 Å². The second kappa shape index (κ2) is 10.6. The Labute approximate surface area is 196 Å². The molecular weight excluding hydrogens is 536 g/mol. The van der Waals surface area contributed by atoms with Crippen molar-refractivity contribution in [3.63, 3.8) is 0 Å². The number of nitrogens with one attached hydrogen (secondary N) is 1. The quantitative estimate of drug-likeness (QED) is 0.280. The van der Waals surface area contributed by atoms with E-state index in [1.807, 2.05) is 30.3 Å². The van der Waals surface area contributed by atoms with Crippen LogP contribution in [0.5, 0.6) is 11.5 Å². The third-order valence-corrected chi connectivity index (χ3v) is 5.40. The summed E-state index contributed by atoms with van der Waals surface area (Å²) < 4.78 is 13.0. The first-order valence-corrected chi connectivity index (χ1v) is 10.8. The van der Waals surface area contributed by atoms with Crippen molar-refractivity contribution in [3.05, 3.63) is 91.3 Å². The summed E-state index contributed by atoms with van der Waals surface area (Å²) in [4.78, 5) is 12.1. The molecule has 0 atom stereocenters. The molecule has 0 aliphatic heterocycles. The van der Waals surface area contributed by atoms with E-state index in [9.17, 15) is 4.79 Å². The van der Waals surface area contributed by atoms with Crippen molar-refractivity contribution >= 4 is 55.6 Å². The number of benzene rings is 3. The molecule has 0 heterocycles. The van der Waals surface area contributed by atoms with Gasteiger partial charge in [-0.3, -0.25) is 4.79 Å². The second-order valence-electron chi connectivity index (χ2n) is 6.16. The summed E-state index contributed by atoms with van der Waals surface area (Å²) in [5.41, 5.74) is 4.73. The van der Waals surface area contributed by atoms with E-state index in [0.717, 1.165) is 15.6 Å². The van der Waals surface area contributed by atoms with Gasteiger partial charge < -0.3 is 9.47 Å². The minimum atomic E-state index is -0.298. The third-order valence-electron chi connectivity index (χ3n) is 4.03. The summed E-state index contributed by atoms with van der Waals surface area (Å²) in [6.07, 6.45) is 1.53. The number of methoxy groups -OCH3 is 1. The molecule has 0 unspecified atom stereocenters. The molecule has 0 aromatic heterocycles. The molecule has 0 saturated carbocycles. The molecule has 0 aliphatic carbocycles. The zero-order chi connectivity index (χ0) is 21.5. The molecule has 0 bridgehead atoms. The topological polar surface area (TPSA) is 59.9 Å². The van der Waals surface area contributed by atoms with Crippen LogP contribution in [0.25, 0.3) is 0 Å². The predicted octanol–water partition coefficient (Wildman–Crippen LogP) is 6.22. The van der Waals surface area contributed by atoms with E-state index in [-0.39, 0.29) is 5.91 Å². The molecule has 3 aromatic rings. The molecule has 0 spiro atoms. The van der Waals surface area contributed by atoms with Gasteiger partial charge in [-0.25, -0.2) is 5.43 Å². The number of nitrogens with zero attached hydrogens (tertiary/aromatic N) is 1. The van der Waals surface area contributed by atoms with E-state index >= 15 is 0 Å². The Hall–Kier alpha value is -2.35. The van der Waals surface area contributed by atoms with Crippen molar-refractivity contribution in [2.75, 3.05) is 7.11 Å². The van der Waals surface area contributed by atoms with Gasteiger partial charge >= 0.3 is 0 Å². The minimum absolute atomic E-state index is 0.298. The van der Waals surface area contributed by atoms with E-state index in [2.05, 4.69) is 42.4 Å². The van der Waals surface area contributed by atoms with Crippen LogP contribution in [0.3, 0.4) is 0 Å². The number of rotatable bonds is 7. The van der Waals surface area contributed by atoms with Crippen LogP contribution in [-0.4, -0.2) is 19.2 Å². The Kier molecular flexibility index (Phi) is 7.90. The van der Waals surface area contributed by atoms with Crippen molar-refractivity contribution in [2.45, 2.75) is 6.61 Å². The summed E-state index contributed by atoms with van der Waals surface area (Å²) in [7, 11) is 1.56. The molecule has 154 valence electrons. The van der Waals surface area contributed by atoms with Gasteiger partial charge in [-0.15, -0.1) is 0 Å². The molecule has 0 fully saturated rings. The molecular formula is C22H17Br2ClN2O3. The Balaban J connectivity index is 1.68. The Morgan fingerprint density at radius 1 is 1.10 bits per heavy atom. The highest BCUT2D eigenvalue weighted by Crippen LogP contribution is 2.36. The Morgan fingerprint density at radius 3 is 2.47 bits per heavy atom. The Bertz CT molecular complexity index is 1060. The maximum absolute atomic E-state index is 12.1. The average Bonchev–Trinajstić information content (AvgIpc) is 2.74. The fraction of sp³-hybridized carbons (Fsp3) is 0.0909. The molecule has 8 heteroatoms. The number of halogens is 3. The van der Waals surface area contributed by atoms with Crippen LogP contribution in [0, 0.1) is 0 Å². The molecule has 1 N–H and O–H groups in total. The van der Waals surface area contributed by atoms with E-state index in [1.165, 1.54) is 6.21 Å². The van der Waals surface area contributed by atoms with E-state index in [4.69, 9.17) is 21.1 Å². The lowest BCUT2D eigenvalue weighted by Crippen LogP contribution is -2.17. The van der Waals surface area contributed by atoms with Crippen LogP contribution in [0.4, 0.5) is 0 Å². The molecule has 0 radical (unpaired) electrons. The molecule has 0 aliphatic rings. The van der Waals surface area contributed by atoms with Gasteiger partial charge in [0.25, 0.3) is 5.91 Å². The highest BCUT2D eigenvalue weighted by atomic mass is 79.9. The largest absolute Gasteiger partial charge is 0.493 e. The monoisotopic (exact) mass is 550 g/mol. The zero-order valence-corrected chi connectivity index (χ0v) is 19.8. The molecule has 30 heavy (non-hydrogen) atoms. The maximum atomic E-state index is 12.1. The summed E-state index contributed by atoms with van der Waals surface area (Å²) >= 11 is 12.8. The lowest BCUT2D eigenvalue weighted by Gasteiger charge is -2.13. The van der Waals surface area contributed by atoms with Crippen LogP contribution < -0.4 is 14.9 Å². The third kappa shape index (κ3) is 6.08. The summed E-state index contributed by atoms with van der Waals surface area (Å²) in [6.45, 7) is 0.364. The van der Waals surface area contributed by atoms with Gasteiger partial charge in [-0.2, -0.15) is 5.10 Å². The van der Waals surface area contributed by atoms with Gasteiger partial charge in [-0.1, -0.05) is 39.7 Å². The number of amides is 1. The number of hydrogen-bond donors (Lipinski definition) is 1. The first-order valence-electron chi connectivity index (χ1n) is 8.80. The fourth-order valence-corrected chi connectivity index (χ4v) is 3.49. The zero-order valence-electron chi connectivity index (χ0n) is 15.9. The van der Waals surface area contributed by atoms with Crippen molar-refractivity contribution in [1.82, 2.24) is 5.43 Å². The van der Waals surface area contributed by atoms with Crippen LogP contribution in [-0.2, 0) is 6.61 Å². The van der Waals surface area contributed by atoms with Crippen molar-refractivity contribution < 1.29 is 14.3 Å². The summed E-state index contributed by atoms with van der Waals surface area (Å²) in [5.74, 6) is 0.815. The summed E-state index contributed by atoms with van der Waals surface area (Å²) in [5, 5.41) is 4.70. The van der Waals surface area contributed by atoms with Crippen LogP contribution in [0.15, 0.2) is 74.7 Å². The van der Waals surface area contributed by atoms with E-state index < -0.39 is 0 Å². The second-order valence-corrected chi connectivity index (χ2v) is 8.36. The standard InChI is InChI=1S/C22H17Br2ClN2O3/c1-29-20-11-15(12-26-27-22(28)16-4-6-17(23)7-5-16)10-19(24)21(20)30-13-14-2-8-18(25)9-3-14/h2-12H,13H2,1H3,(H,27,28)/b26-12-. The molecule has 0 saturated heterocycles. The van der Waals surface area contributed by atoms with Crippen molar-refractivity contribution in [2.24, 2.45) is 5.10 Å². The number of hydrogen-bond acceptors (Lipinski definition) is 4. The minimum Gasteiger partial charge on any atom is -0.493 e. The summed E-state index contributed by atoms with van der Waals surface area (Å²) in [6, 6.07) is 18.0. The first kappa shape index (κ1) is 22.3. The highest BCUT2D eigenvalue weighted by molar-refractivity contribution is 9.10. The lowest BCUT2D eigenvalue weighted by molar-refractivity contribution is 0.0955. The number of hydrazone groups is 1. The average molecular weight is 553 g/mol. The van der Waals surface area contributed by atoms with Crippen LogP contribution in [0.2, 0.25) is 5.02 Å². The predicted molar refractivity (Wildman–Crippen MR) is 126 cm³/mol. The lowest BCUT2D eigenvalue weighted by atomic mass is 10.2. The maximum Gasteiger partial charge on any atom is 0.271 e. The van der Waals surface area contributed by atoms with Crippen molar-refractivity contribution in [3.8, 4) is 11.5 Å². The highest BCUT2D eigenvalue weighted by Gasteiger charge is 2.12. The van der Waals surface area contributed by atoms with Gasteiger partial charge in [0.2, 0.25) is 0 Å². The number of carbonyl (C=O) groups excluding carboxylic acids is 1. The molecule has 3 aromatic carbocycles. The normalized spacial score (nSPS) is 10.8. The smallest absolute Gasteiger partial charge is 0.271 e. The SMILES string of the molecule is COc1cc(/C=N\NC(=O)c2ccc(Br)cc2)cc(Br)c1OCc1ccc(Cl)cc1. The molecule has 3 rings (SSSR count).